The fourth-order valence-corrected chi connectivity index (χ4v) is 2.25. The smallest absolute Gasteiger partial charge is 0.224 e. The zero-order valence-corrected chi connectivity index (χ0v) is 13.6. The summed E-state index contributed by atoms with van der Waals surface area (Å²) >= 11 is 0. The van der Waals surface area contributed by atoms with Gasteiger partial charge in [0.2, 0.25) is 5.91 Å². The molecule has 2 aromatic rings. The average Bonchev–Trinajstić information content (AvgIpc) is 2.59. The van der Waals surface area contributed by atoms with Crippen molar-refractivity contribution in [2.75, 3.05) is 25.5 Å². The molecule has 1 amide bonds. The van der Waals surface area contributed by atoms with Gasteiger partial charge in [0.05, 0.1) is 19.2 Å². The quantitative estimate of drug-likeness (QED) is 0.757. The van der Waals surface area contributed by atoms with Gasteiger partial charge in [-0.3, -0.25) is 4.79 Å². The Morgan fingerprint density at radius 1 is 1.20 bits per heavy atom. The van der Waals surface area contributed by atoms with Crippen molar-refractivity contribution in [2.45, 2.75) is 6.42 Å². The number of anilines is 1. The maximum atomic E-state index is 13.6. The van der Waals surface area contributed by atoms with Gasteiger partial charge < -0.3 is 15.4 Å². The van der Waals surface area contributed by atoms with E-state index in [9.17, 15) is 13.6 Å². The highest BCUT2D eigenvalue weighted by molar-refractivity contribution is 5.78. The van der Waals surface area contributed by atoms with E-state index in [4.69, 9.17) is 10.00 Å². The van der Waals surface area contributed by atoms with Crippen molar-refractivity contribution in [2.24, 2.45) is 0 Å². The maximum absolute atomic E-state index is 13.6. The first kappa shape index (κ1) is 18.2. The standard InChI is InChI=1S/C18H17F2N3O2/c1-25-17-6-5-12(9-15(17)20)10-18(24)23-8-7-22-16-4-2-3-14(19)13(16)11-21/h2-6,9,22H,7-8,10H2,1H3,(H,23,24). The maximum Gasteiger partial charge on any atom is 0.224 e. The Morgan fingerprint density at radius 3 is 2.68 bits per heavy atom. The molecule has 7 heteroatoms. The summed E-state index contributed by atoms with van der Waals surface area (Å²) in [5.41, 5.74) is 0.831. The predicted molar refractivity (Wildman–Crippen MR) is 89.3 cm³/mol. The van der Waals surface area contributed by atoms with Crippen LogP contribution in [0.3, 0.4) is 0 Å². The number of nitriles is 1. The van der Waals surface area contributed by atoms with Crippen LogP contribution in [0.5, 0.6) is 5.75 Å². The minimum absolute atomic E-state index is 0.0321. The molecule has 0 atom stereocenters. The Labute approximate surface area is 144 Å². The molecule has 0 aromatic heterocycles. The van der Waals surface area contributed by atoms with Crippen molar-refractivity contribution in [3.8, 4) is 11.8 Å². The number of halogens is 2. The Morgan fingerprint density at radius 2 is 2.00 bits per heavy atom. The van der Waals surface area contributed by atoms with E-state index in [0.717, 1.165) is 0 Å². The molecule has 0 aliphatic rings. The lowest BCUT2D eigenvalue weighted by molar-refractivity contribution is -0.120. The first-order valence-electron chi connectivity index (χ1n) is 7.56. The molecule has 0 spiro atoms. The highest BCUT2D eigenvalue weighted by Crippen LogP contribution is 2.18. The number of rotatable bonds is 7. The highest BCUT2D eigenvalue weighted by Gasteiger charge is 2.09. The van der Waals surface area contributed by atoms with Crippen molar-refractivity contribution in [3.05, 3.63) is 59.2 Å². The number of amides is 1. The second-order valence-corrected chi connectivity index (χ2v) is 5.20. The van der Waals surface area contributed by atoms with Crippen molar-refractivity contribution in [1.29, 1.82) is 5.26 Å². The van der Waals surface area contributed by atoms with Gasteiger partial charge in [-0.25, -0.2) is 8.78 Å². The zero-order chi connectivity index (χ0) is 18.2. The molecule has 0 saturated carbocycles. The van der Waals surface area contributed by atoms with Crippen molar-refractivity contribution in [3.63, 3.8) is 0 Å². The minimum atomic E-state index is -0.599. The van der Waals surface area contributed by atoms with E-state index in [1.54, 1.807) is 18.2 Å². The number of nitrogens with one attached hydrogen (secondary N) is 2. The second-order valence-electron chi connectivity index (χ2n) is 5.20. The van der Waals surface area contributed by atoms with Gasteiger partial charge in [-0.1, -0.05) is 12.1 Å². The summed E-state index contributed by atoms with van der Waals surface area (Å²) in [6, 6.07) is 10.4. The average molecular weight is 345 g/mol. The predicted octanol–water partition coefficient (Wildman–Crippen LogP) is 2.62. The van der Waals surface area contributed by atoms with Crippen LogP contribution in [0, 0.1) is 23.0 Å². The summed E-state index contributed by atoms with van der Waals surface area (Å²) in [7, 11) is 1.37. The molecule has 0 unspecified atom stereocenters. The molecule has 2 rings (SSSR count). The number of benzene rings is 2. The lowest BCUT2D eigenvalue weighted by Crippen LogP contribution is -2.30. The van der Waals surface area contributed by atoms with Gasteiger partial charge in [-0.05, 0) is 29.8 Å². The van der Waals surface area contributed by atoms with E-state index in [-0.39, 0.29) is 30.2 Å². The summed E-state index contributed by atoms with van der Waals surface area (Å²) in [6.45, 7) is 0.597. The summed E-state index contributed by atoms with van der Waals surface area (Å²) in [5, 5.41) is 14.5. The molecule has 0 saturated heterocycles. The van der Waals surface area contributed by atoms with Gasteiger partial charge >= 0.3 is 0 Å². The van der Waals surface area contributed by atoms with Crippen LogP contribution >= 0.6 is 0 Å². The van der Waals surface area contributed by atoms with Crippen LogP contribution in [0.25, 0.3) is 0 Å². The van der Waals surface area contributed by atoms with E-state index in [0.29, 0.717) is 17.8 Å². The largest absolute Gasteiger partial charge is 0.494 e. The van der Waals surface area contributed by atoms with Crippen LogP contribution in [0.15, 0.2) is 36.4 Å². The first-order chi connectivity index (χ1) is 12.0. The molecule has 25 heavy (non-hydrogen) atoms. The summed E-state index contributed by atoms with van der Waals surface area (Å²) < 4.78 is 31.8. The number of carbonyl (C=O) groups excluding carboxylic acids is 1. The summed E-state index contributed by atoms with van der Waals surface area (Å²) in [4.78, 5) is 11.9. The highest BCUT2D eigenvalue weighted by atomic mass is 19.1. The molecule has 0 fully saturated rings. The van der Waals surface area contributed by atoms with Crippen LogP contribution in [0.4, 0.5) is 14.5 Å². The van der Waals surface area contributed by atoms with Crippen LogP contribution in [-0.4, -0.2) is 26.1 Å². The van der Waals surface area contributed by atoms with Crippen LogP contribution in [0.1, 0.15) is 11.1 Å². The summed E-state index contributed by atoms with van der Waals surface area (Å²) in [6.07, 6.45) is 0.0321. The molecule has 2 N–H and O–H groups in total. The van der Waals surface area contributed by atoms with Gasteiger partial charge in [0.1, 0.15) is 17.4 Å². The normalized spacial score (nSPS) is 10.0. The number of methoxy groups -OCH3 is 1. The third-order valence-electron chi connectivity index (χ3n) is 3.47. The van der Waals surface area contributed by atoms with Crippen molar-refractivity contribution >= 4 is 11.6 Å². The molecular formula is C18H17F2N3O2. The molecule has 2 aromatic carbocycles. The van der Waals surface area contributed by atoms with Gasteiger partial charge in [-0.15, -0.1) is 0 Å². The van der Waals surface area contributed by atoms with E-state index in [1.807, 2.05) is 0 Å². The molecule has 0 bridgehead atoms. The second kappa shape index (κ2) is 8.64. The first-order valence-corrected chi connectivity index (χ1v) is 7.56. The number of ether oxygens (including phenoxy) is 1. The van der Waals surface area contributed by atoms with Gasteiger partial charge in [0.15, 0.2) is 11.6 Å². The van der Waals surface area contributed by atoms with Crippen molar-refractivity contribution < 1.29 is 18.3 Å². The molecule has 0 heterocycles. The Balaban J connectivity index is 1.81. The van der Waals surface area contributed by atoms with Gasteiger partial charge in [0.25, 0.3) is 0 Å². The van der Waals surface area contributed by atoms with E-state index < -0.39 is 11.6 Å². The van der Waals surface area contributed by atoms with E-state index in [1.165, 1.54) is 31.4 Å². The Bertz CT molecular complexity index is 803. The fraction of sp³-hybridized carbons (Fsp3) is 0.222. The number of hydrogen-bond donors (Lipinski definition) is 2. The lowest BCUT2D eigenvalue weighted by atomic mass is 10.1. The fourth-order valence-electron chi connectivity index (χ4n) is 2.25. The summed E-state index contributed by atoms with van der Waals surface area (Å²) in [5.74, 6) is -1.27. The number of nitrogens with zero attached hydrogens (tertiary/aromatic N) is 1. The van der Waals surface area contributed by atoms with Crippen molar-refractivity contribution in [1.82, 2.24) is 5.32 Å². The molecule has 5 nitrogen and oxygen atoms in total. The molecule has 0 radical (unpaired) electrons. The molecule has 0 aliphatic carbocycles. The third-order valence-corrected chi connectivity index (χ3v) is 3.47. The monoisotopic (exact) mass is 345 g/mol. The van der Waals surface area contributed by atoms with Crippen LogP contribution < -0.4 is 15.4 Å². The number of carbonyl (C=O) groups is 1. The lowest BCUT2D eigenvalue weighted by Gasteiger charge is -2.10. The van der Waals surface area contributed by atoms with E-state index >= 15 is 0 Å². The van der Waals surface area contributed by atoms with Crippen LogP contribution in [0.2, 0.25) is 0 Å². The Hall–Kier alpha value is -3.14. The SMILES string of the molecule is COc1ccc(CC(=O)NCCNc2cccc(F)c2C#N)cc1F. The molecular weight excluding hydrogens is 328 g/mol. The minimum Gasteiger partial charge on any atom is -0.494 e. The van der Waals surface area contributed by atoms with Crippen LogP contribution in [-0.2, 0) is 11.2 Å². The third kappa shape index (κ3) is 4.91. The number of hydrogen-bond acceptors (Lipinski definition) is 4. The molecule has 130 valence electrons. The zero-order valence-electron chi connectivity index (χ0n) is 13.6. The van der Waals surface area contributed by atoms with Gasteiger partial charge in [-0.2, -0.15) is 5.26 Å². The van der Waals surface area contributed by atoms with Gasteiger partial charge in [0, 0.05) is 13.1 Å². The molecule has 0 aliphatic heterocycles. The topological polar surface area (TPSA) is 74.2 Å². The Kier molecular flexibility index (Phi) is 6.29. The van der Waals surface area contributed by atoms with E-state index in [2.05, 4.69) is 10.6 Å².